The molecule has 0 aliphatic rings. The number of nitrogens with one attached hydrogen (secondary N) is 1. The topological polar surface area (TPSA) is 64.4 Å². The molecule has 0 atom stereocenters. The Hall–Kier alpha value is -3.31. The van der Waals surface area contributed by atoms with Crippen LogP contribution >= 0.6 is 11.6 Å². The number of aromatic nitrogens is 1. The lowest BCUT2D eigenvalue weighted by Crippen LogP contribution is -2.20. The van der Waals surface area contributed by atoms with Crippen LogP contribution in [0.2, 0.25) is 5.02 Å². The molecule has 4 aromatic rings. The molecule has 29 heavy (non-hydrogen) atoms. The average molecular weight is 407 g/mol. The van der Waals surface area contributed by atoms with E-state index in [0.29, 0.717) is 33.4 Å². The highest BCUT2D eigenvalue weighted by Gasteiger charge is 2.11. The van der Waals surface area contributed by atoms with E-state index >= 15 is 0 Å². The minimum Gasteiger partial charge on any atom is -0.483 e. The first-order valence-electron chi connectivity index (χ1n) is 9.14. The van der Waals surface area contributed by atoms with Gasteiger partial charge in [-0.3, -0.25) is 4.79 Å². The van der Waals surface area contributed by atoms with Crippen LogP contribution in [0, 0.1) is 13.8 Å². The minimum absolute atomic E-state index is 0.0745. The molecule has 4 rings (SSSR count). The predicted octanol–water partition coefficient (Wildman–Crippen LogP) is 5.78. The van der Waals surface area contributed by atoms with E-state index in [1.165, 1.54) is 0 Å². The van der Waals surface area contributed by atoms with Gasteiger partial charge in [0.2, 0.25) is 5.89 Å². The number of hydrogen-bond acceptors (Lipinski definition) is 4. The normalized spacial score (nSPS) is 10.9. The number of ether oxygens (including phenoxy) is 1. The summed E-state index contributed by atoms with van der Waals surface area (Å²) in [6.45, 7) is 3.86. The second-order valence-corrected chi connectivity index (χ2v) is 7.25. The molecule has 3 aromatic carbocycles. The smallest absolute Gasteiger partial charge is 0.262 e. The number of aryl methyl sites for hydroxylation is 2. The SMILES string of the molecule is Cc1ccc(C)c(OCC(=O)Nc2ccc3oc(-c4cccc(Cl)c4)nc3c2)c1. The van der Waals surface area contributed by atoms with Crippen LogP contribution in [-0.4, -0.2) is 17.5 Å². The molecule has 1 amide bonds. The number of carbonyl (C=O) groups excluding carboxylic acids is 1. The van der Waals surface area contributed by atoms with Crippen LogP contribution in [0.5, 0.6) is 5.75 Å². The van der Waals surface area contributed by atoms with Crippen molar-refractivity contribution in [2.75, 3.05) is 11.9 Å². The number of hydrogen-bond donors (Lipinski definition) is 1. The maximum Gasteiger partial charge on any atom is 0.262 e. The third kappa shape index (κ3) is 4.41. The van der Waals surface area contributed by atoms with Crippen LogP contribution in [0.15, 0.2) is 65.1 Å². The van der Waals surface area contributed by atoms with Crippen molar-refractivity contribution in [2.45, 2.75) is 13.8 Å². The second-order valence-electron chi connectivity index (χ2n) is 6.82. The summed E-state index contributed by atoms with van der Waals surface area (Å²) in [5, 5.41) is 3.44. The van der Waals surface area contributed by atoms with Gasteiger partial charge in [0.15, 0.2) is 12.2 Å². The fourth-order valence-corrected chi connectivity index (χ4v) is 3.14. The van der Waals surface area contributed by atoms with Gasteiger partial charge in [-0.2, -0.15) is 0 Å². The molecule has 0 radical (unpaired) electrons. The molecule has 1 heterocycles. The molecule has 0 spiro atoms. The summed E-state index contributed by atoms with van der Waals surface area (Å²) in [5.41, 5.74) is 4.76. The van der Waals surface area contributed by atoms with Crippen molar-refractivity contribution < 1.29 is 13.9 Å². The van der Waals surface area contributed by atoms with E-state index in [2.05, 4.69) is 10.3 Å². The molecule has 0 bridgehead atoms. The first-order chi connectivity index (χ1) is 14.0. The van der Waals surface area contributed by atoms with Crippen molar-refractivity contribution in [2.24, 2.45) is 0 Å². The fourth-order valence-electron chi connectivity index (χ4n) is 2.95. The summed E-state index contributed by atoms with van der Waals surface area (Å²) >= 11 is 6.04. The zero-order chi connectivity index (χ0) is 20.4. The highest BCUT2D eigenvalue weighted by Crippen LogP contribution is 2.27. The van der Waals surface area contributed by atoms with Gasteiger partial charge in [-0.25, -0.2) is 4.98 Å². The molecular formula is C23H19ClN2O3. The number of benzene rings is 3. The van der Waals surface area contributed by atoms with Gasteiger partial charge in [0.25, 0.3) is 5.91 Å². The first-order valence-corrected chi connectivity index (χ1v) is 9.52. The van der Waals surface area contributed by atoms with Gasteiger partial charge < -0.3 is 14.5 Å². The van der Waals surface area contributed by atoms with Crippen molar-refractivity contribution in [1.82, 2.24) is 4.98 Å². The van der Waals surface area contributed by atoms with E-state index in [1.807, 2.05) is 44.2 Å². The minimum atomic E-state index is -0.246. The zero-order valence-corrected chi connectivity index (χ0v) is 16.8. The number of carbonyl (C=O) groups is 1. The highest BCUT2D eigenvalue weighted by atomic mass is 35.5. The van der Waals surface area contributed by atoms with Crippen molar-refractivity contribution in [3.05, 3.63) is 76.8 Å². The summed E-state index contributed by atoms with van der Waals surface area (Å²) in [6.07, 6.45) is 0. The van der Waals surface area contributed by atoms with Crippen molar-refractivity contribution in [3.63, 3.8) is 0 Å². The number of halogens is 1. The largest absolute Gasteiger partial charge is 0.483 e. The standard InChI is InChI=1S/C23H19ClN2O3/c1-14-6-7-15(2)21(10-14)28-13-22(27)25-18-8-9-20-19(12-18)26-23(29-20)16-4-3-5-17(24)11-16/h3-12H,13H2,1-2H3,(H,25,27). The number of fused-ring (bicyclic) bond motifs is 1. The lowest BCUT2D eigenvalue weighted by Gasteiger charge is -2.10. The van der Waals surface area contributed by atoms with Gasteiger partial charge in [0.05, 0.1) is 0 Å². The molecule has 0 fully saturated rings. The summed E-state index contributed by atoms with van der Waals surface area (Å²) in [7, 11) is 0. The quantitative estimate of drug-likeness (QED) is 0.456. The molecular weight excluding hydrogens is 388 g/mol. The predicted molar refractivity (Wildman–Crippen MR) is 114 cm³/mol. The molecule has 0 saturated carbocycles. The Labute approximate surface area is 173 Å². The van der Waals surface area contributed by atoms with Crippen molar-refractivity contribution in [1.29, 1.82) is 0 Å². The Morgan fingerprint density at radius 3 is 2.79 bits per heavy atom. The van der Waals surface area contributed by atoms with Crippen molar-refractivity contribution >= 4 is 34.3 Å². The van der Waals surface area contributed by atoms with Crippen LogP contribution < -0.4 is 10.1 Å². The summed E-state index contributed by atoms with van der Waals surface area (Å²) in [5.74, 6) is 0.936. The zero-order valence-electron chi connectivity index (χ0n) is 16.0. The third-order valence-electron chi connectivity index (χ3n) is 4.45. The van der Waals surface area contributed by atoms with E-state index in [1.54, 1.807) is 30.3 Å². The van der Waals surface area contributed by atoms with Crippen LogP contribution in [-0.2, 0) is 4.79 Å². The lowest BCUT2D eigenvalue weighted by atomic mass is 10.1. The van der Waals surface area contributed by atoms with Gasteiger partial charge in [-0.15, -0.1) is 0 Å². The fraction of sp³-hybridized carbons (Fsp3) is 0.130. The van der Waals surface area contributed by atoms with Crippen LogP contribution in [0.25, 0.3) is 22.6 Å². The van der Waals surface area contributed by atoms with Crippen molar-refractivity contribution in [3.8, 4) is 17.2 Å². The van der Waals surface area contributed by atoms with Gasteiger partial charge in [0.1, 0.15) is 11.3 Å². The molecule has 0 unspecified atom stereocenters. The third-order valence-corrected chi connectivity index (χ3v) is 4.68. The van der Waals surface area contributed by atoms with E-state index in [0.717, 1.165) is 16.7 Å². The number of oxazole rings is 1. The molecule has 146 valence electrons. The lowest BCUT2D eigenvalue weighted by molar-refractivity contribution is -0.118. The molecule has 6 heteroatoms. The molecule has 0 aliphatic heterocycles. The van der Waals surface area contributed by atoms with E-state index in [9.17, 15) is 4.79 Å². The van der Waals surface area contributed by atoms with Crippen LogP contribution in [0.3, 0.4) is 0 Å². The first kappa shape index (κ1) is 19.0. The van der Waals surface area contributed by atoms with Crippen LogP contribution in [0.4, 0.5) is 5.69 Å². The van der Waals surface area contributed by atoms with E-state index < -0.39 is 0 Å². The Kier molecular flexibility index (Phi) is 5.23. The maximum atomic E-state index is 12.3. The molecule has 5 nitrogen and oxygen atoms in total. The Morgan fingerprint density at radius 1 is 1.10 bits per heavy atom. The summed E-state index contributed by atoms with van der Waals surface area (Å²) in [6, 6.07) is 18.5. The Balaban J connectivity index is 1.46. The van der Waals surface area contributed by atoms with Gasteiger partial charge in [-0.1, -0.05) is 29.8 Å². The van der Waals surface area contributed by atoms with Gasteiger partial charge in [-0.05, 0) is 67.4 Å². The number of nitrogens with zero attached hydrogens (tertiary/aromatic N) is 1. The van der Waals surface area contributed by atoms with Gasteiger partial charge in [0, 0.05) is 16.3 Å². The van der Waals surface area contributed by atoms with Gasteiger partial charge >= 0.3 is 0 Å². The summed E-state index contributed by atoms with van der Waals surface area (Å²) < 4.78 is 11.4. The molecule has 0 aliphatic carbocycles. The Bertz CT molecular complexity index is 1200. The van der Waals surface area contributed by atoms with Crippen LogP contribution in [0.1, 0.15) is 11.1 Å². The number of amides is 1. The summed E-state index contributed by atoms with van der Waals surface area (Å²) in [4.78, 5) is 16.8. The maximum absolute atomic E-state index is 12.3. The Morgan fingerprint density at radius 2 is 1.97 bits per heavy atom. The average Bonchev–Trinajstić information content (AvgIpc) is 3.12. The monoisotopic (exact) mass is 406 g/mol. The molecule has 0 saturated heterocycles. The molecule has 1 N–H and O–H groups in total. The van der Waals surface area contributed by atoms with E-state index in [4.69, 9.17) is 20.8 Å². The highest BCUT2D eigenvalue weighted by molar-refractivity contribution is 6.30. The van der Waals surface area contributed by atoms with E-state index in [-0.39, 0.29) is 12.5 Å². The second kappa shape index (κ2) is 7.97. The number of anilines is 1. The molecule has 1 aromatic heterocycles. The number of rotatable bonds is 5.